The molecule has 2 unspecified atom stereocenters. The maximum atomic E-state index is 12.7. The van der Waals surface area contributed by atoms with Crippen molar-refractivity contribution < 1.29 is 10.0 Å². The van der Waals surface area contributed by atoms with E-state index in [0.29, 0.717) is 6.42 Å². The zero-order chi connectivity index (χ0) is 14.7. The van der Waals surface area contributed by atoms with Gasteiger partial charge in [-0.1, -0.05) is 5.16 Å². The molecule has 1 aromatic heterocycles. The maximum absolute atomic E-state index is 12.7. The average Bonchev–Trinajstić information content (AvgIpc) is 2.93. The first-order valence-corrected chi connectivity index (χ1v) is 7.72. The molecule has 0 fully saturated rings. The van der Waals surface area contributed by atoms with Crippen molar-refractivity contribution in [1.29, 1.82) is 0 Å². The minimum absolute atomic E-state index is 0.0373. The molecule has 0 saturated heterocycles. The monoisotopic (exact) mass is 295 g/mol. The number of nitrogens with two attached hydrogens (primary N) is 1. The van der Waals surface area contributed by atoms with Crippen LogP contribution in [0, 0.1) is 0 Å². The molecule has 6 heteroatoms. The topological polar surface area (TPSA) is 78.9 Å². The third kappa shape index (κ3) is 2.95. The van der Waals surface area contributed by atoms with Gasteiger partial charge >= 0.3 is 0 Å². The van der Waals surface area contributed by atoms with E-state index in [4.69, 9.17) is 10.9 Å². The second kappa shape index (κ2) is 6.26. The van der Waals surface area contributed by atoms with E-state index in [0.717, 1.165) is 19.3 Å². The van der Waals surface area contributed by atoms with Crippen LogP contribution in [0.2, 0.25) is 0 Å². The van der Waals surface area contributed by atoms with Gasteiger partial charge in [0, 0.05) is 24.4 Å². The number of amidine groups is 1. The van der Waals surface area contributed by atoms with Crippen LogP contribution < -0.4 is 5.73 Å². The Morgan fingerprint density at radius 3 is 3.15 bits per heavy atom. The highest BCUT2D eigenvalue weighted by Gasteiger charge is 2.31. The Bertz CT molecular complexity index is 512. The number of amides is 1. The van der Waals surface area contributed by atoms with Gasteiger partial charge in [-0.2, -0.15) is 0 Å². The molecular formula is C14H21N3O2S. The molecular weight excluding hydrogens is 274 g/mol. The minimum Gasteiger partial charge on any atom is -0.409 e. The fourth-order valence-corrected chi connectivity index (χ4v) is 3.67. The quantitative estimate of drug-likeness (QED) is 0.386. The van der Waals surface area contributed by atoms with Gasteiger partial charge < -0.3 is 15.8 Å². The van der Waals surface area contributed by atoms with E-state index in [1.54, 1.807) is 23.3 Å². The highest BCUT2D eigenvalue weighted by Crippen LogP contribution is 2.36. The van der Waals surface area contributed by atoms with Crippen molar-refractivity contribution in [3.63, 3.8) is 0 Å². The molecule has 0 bridgehead atoms. The predicted octanol–water partition coefficient (Wildman–Crippen LogP) is 2.15. The number of nitrogens with zero attached hydrogens (tertiary/aromatic N) is 2. The van der Waals surface area contributed by atoms with Crippen LogP contribution in [0.15, 0.2) is 16.6 Å². The second-order valence-corrected chi connectivity index (χ2v) is 6.34. The molecule has 110 valence electrons. The van der Waals surface area contributed by atoms with E-state index in [2.05, 4.69) is 16.6 Å². The highest BCUT2D eigenvalue weighted by molar-refractivity contribution is 7.10. The number of carbonyl (C=O) groups is 1. The fraction of sp³-hybridized carbons (Fsp3) is 0.571. The first-order chi connectivity index (χ1) is 9.54. The Labute approximate surface area is 123 Å². The third-order valence-corrected chi connectivity index (χ3v) is 4.99. The lowest BCUT2D eigenvalue weighted by molar-refractivity contribution is -0.133. The molecule has 0 aromatic carbocycles. The first-order valence-electron chi connectivity index (χ1n) is 6.84. The van der Waals surface area contributed by atoms with Crippen molar-refractivity contribution in [2.45, 2.75) is 44.6 Å². The van der Waals surface area contributed by atoms with Gasteiger partial charge in [-0.05, 0) is 43.2 Å². The van der Waals surface area contributed by atoms with Gasteiger partial charge in [0.2, 0.25) is 5.91 Å². The number of likely N-dealkylation sites (N-methyl/N-ethyl adjacent to an activating group) is 1. The zero-order valence-corrected chi connectivity index (χ0v) is 12.7. The highest BCUT2D eigenvalue weighted by atomic mass is 32.1. The number of fused-ring (bicyclic) bond motifs is 1. The standard InChI is InChI=1S/C14H21N3O2S/c1-9(8-13(15)16-19)17(2)14(18)11-4-3-5-12-10(11)6-7-20-12/h6-7,9,11,19H,3-5,8H2,1-2H3,(H2,15,16). The van der Waals surface area contributed by atoms with Crippen LogP contribution in [-0.2, 0) is 11.2 Å². The van der Waals surface area contributed by atoms with Gasteiger partial charge in [0.15, 0.2) is 0 Å². The molecule has 3 N–H and O–H groups in total. The van der Waals surface area contributed by atoms with Crippen molar-refractivity contribution in [3.05, 3.63) is 21.9 Å². The van der Waals surface area contributed by atoms with Crippen molar-refractivity contribution >= 4 is 23.1 Å². The summed E-state index contributed by atoms with van der Waals surface area (Å²) >= 11 is 1.74. The van der Waals surface area contributed by atoms with Crippen molar-refractivity contribution in [2.75, 3.05) is 7.05 Å². The summed E-state index contributed by atoms with van der Waals surface area (Å²) in [7, 11) is 1.79. The lowest BCUT2D eigenvalue weighted by Crippen LogP contribution is -2.41. The van der Waals surface area contributed by atoms with Crippen LogP contribution in [0.1, 0.15) is 42.5 Å². The van der Waals surface area contributed by atoms with Crippen molar-refractivity contribution in [1.82, 2.24) is 4.90 Å². The summed E-state index contributed by atoms with van der Waals surface area (Å²) in [4.78, 5) is 15.7. The number of aryl methyl sites for hydroxylation is 1. The van der Waals surface area contributed by atoms with Crippen LogP contribution in [0.5, 0.6) is 0 Å². The molecule has 5 nitrogen and oxygen atoms in total. The SMILES string of the molecule is CC(C/C(N)=N/O)N(C)C(=O)C1CCCc2sccc21. The van der Waals surface area contributed by atoms with Crippen molar-refractivity contribution in [2.24, 2.45) is 10.9 Å². The normalized spacial score (nSPS) is 20.3. The molecule has 1 aliphatic carbocycles. The smallest absolute Gasteiger partial charge is 0.230 e. The summed E-state index contributed by atoms with van der Waals surface area (Å²) in [5.41, 5.74) is 6.70. The molecule has 0 spiro atoms. The van der Waals surface area contributed by atoms with E-state index in [-0.39, 0.29) is 23.7 Å². The molecule has 0 radical (unpaired) electrons. The Kier molecular flexibility index (Phi) is 4.65. The van der Waals surface area contributed by atoms with Crippen LogP contribution in [-0.4, -0.2) is 34.9 Å². The van der Waals surface area contributed by atoms with Gasteiger partial charge in [-0.25, -0.2) is 0 Å². The van der Waals surface area contributed by atoms with E-state index >= 15 is 0 Å². The Morgan fingerprint density at radius 2 is 2.45 bits per heavy atom. The fourth-order valence-electron chi connectivity index (χ4n) is 2.69. The molecule has 0 saturated carbocycles. The lowest BCUT2D eigenvalue weighted by Gasteiger charge is -2.30. The third-order valence-electron chi connectivity index (χ3n) is 3.99. The van der Waals surface area contributed by atoms with E-state index < -0.39 is 0 Å². The van der Waals surface area contributed by atoms with Crippen LogP contribution in [0.3, 0.4) is 0 Å². The van der Waals surface area contributed by atoms with Crippen molar-refractivity contribution in [3.8, 4) is 0 Å². The van der Waals surface area contributed by atoms with E-state index in [1.165, 1.54) is 10.4 Å². The summed E-state index contributed by atoms with van der Waals surface area (Å²) in [6.07, 6.45) is 3.43. The minimum atomic E-state index is -0.0811. The molecule has 2 rings (SSSR count). The first kappa shape index (κ1) is 14.8. The van der Waals surface area contributed by atoms with Crippen LogP contribution in [0.25, 0.3) is 0 Å². The van der Waals surface area contributed by atoms with Gasteiger partial charge in [-0.3, -0.25) is 4.79 Å². The van der Waals surface area contributed by atoms with E-state index in [9.17, 15) is 4.79 Å². The molecule has 20 heavy (non-hydrogen) atoms. The van der Waals surface area contributed by atoms with Gasteiger partial charge in [0.1, 0.15) is 5.84 Å². The number of oxime groups is 1. The molecule has 0 aliphatic heterocycles. The van der Waals surface area contributed by atoms with Gasteiger partial charge in [0.05, 0.1) is 5.92 Å². The molecule has 1 heterocycles. The predicted molar refractivity (Wildman–Crippen MR) is 80.3 cm³/mol. The Balaban J connectivity index is 2.09. The van der Waals surface area contributed by atoms with Gasteiger partial charge in [-0.15, -0.1) is 11.3 Å². The van der Waals surface area contributed by atoms with Crippen LogP contribution in [0.4, 0.5) is 0 Å². The molecule has 2 atom stereocenters. The maximum Gasteiger partial charge on any atom is 0.230 e. The summed E-state index contributed by atoms with van der Waals surface area (Å²) in [6.45, 7) is 1.91. The molecule has 1 aliphatic rings. The summed E-state index contributed by atoms with van der Waals surface area (Å²) in [5.74, 6) is 0.240. The number of hydrogen-bond donors (Lipinski definition) is 2. The zero-order valence-electron chi connectivity index (χ0n) is 11.9. The molecule has 1 amide bonds. The summed E-state index contributed by atoms with van der Waals surface area (Å²) in [6, 6.07) is 1.99. The van der Waals surface area contributed by atoms with Gasteiger partial charge in [0.25, 0.3) is 0 Å². The Hall–Kier alpha value is -1.56. The summed E-state index contributed by atoms with van der Waals surface area (Å²) < 4.78 is 0. The molecule has 1 aromatic rings. The van der Waals surface area contributed by atoms with Crippen LogP contribution >= 0.6 is 11.3 Å². The lowest BCUT2D eigenvalue weighted by atomic mass is 9.86. The summed E-state index contributed by atoms with van der Waals surface area (Å²) in [5, 5.41) is 13.7. The second-order valence-electron chi connectivity index (χ2n) is 5.34. The Morgan fingerprint density at radius 1 is 1.70 bits per heavy atom. The number of rotatable bonds is 4. The number of carbonyl (C=O) groups excluding carboxylic acids is 1. The average molecular weight is 295 g/mol. The number of thiophene rings is 1. The van der Waals surface area contributed by atoms with E-state index in [1.807, 2.05) is 6.92 Å². The largest absolute Gasteiger partial charge is 0.409 e. The number of hydrogen-bond acceptors (Lipinski definition) is 4.